The summed E-state index contributed by atoms with van der Waals surface area (Å²) in [5.41, 5.74) is 2.43. The van der Waals surface area contributed by atoms with Crippen LogP contribution in [0.2, 0.25) is 0 Å². The van der Waals surface area contributed by atoms with E-state index in [1.165, 1.54) is 11.4 Å². The molecule has 3 nitrogen and oxygen atoms in total. The van der Waals surface area contributed by atoms with Crippen LogP contribution in [0.3, 0.4) is 0 Å². The lowest BCUT2D eigenvalue weighted by molar-refractivity contribution is -0.0337. The monoisotopic (exact) mass is 248 g/mol. The van der Waals surface area contributed by atoms with Crippen LogP contribution in [0.15, 0.2) is 24.3 Å². The first-order valence-electron chi connectivity index (χ1n) is 6.74. The number of ether oxygens (including phenoxy) is 1. The van der Waals surface area contributed by atoms with Crippen molar-refractivity contribution < 1.29 is 4.74 Å². The van der Waals surface area contributed by atoms with Crippen molar-refractivity contribution in [2.45, 2.75) is 44.9 Å². The van der Waals surface area contributed by atoms with Crippen molar-refractivity contribution in [2.24, 2.45) is 0 Å². The SMILES string of the molecule is CC1CC(Nc2ccc(N(C)C)cc2)CC(C)O1. The van der Waals surface area contributed by atoms with Crippen molar-refractivity contribution >= 4 is 11.4 Å². The minimum absolute atomic E-state index is 0.354. The summed E-state index contributed by atoms with van der Waals surface area (Å²) < 4.78 is 5.76. The molecule has 2 rings (SSSR count). The average molecular weight is 248 g/mol. The maximum atomic E-state index is 5.76. The lowest BCUT2D eigenvalue weighted by Crippen LogP contribution is -2.36. The van der Waals surface area contributed by atoms with Gasteiger partial charge in [-0.1, -0.05) is 0 Å². The highest BCUT2D eigenvalue weighted by Gasteiger charge is 2.24. The molecular formula is C15H24N2O. The van der Waals surface area contributed by atoms with Crippen LogP contribution in [0, 0.1) is 0 Å². The van der Waals surface area contributed by atoms with E-state index in [0.717, 1.165) is 12.8 Å². The molecular weight excluding hydrogens is 224 g/mol. The van der Waals surface area contributed by atoms with E-state index < -0.39 is 0 Å². The Morgan fingerprint density at radius 2 is 1.61 bits per heavy atom. The number of benzene rings is 1. The van der Waals surface area contributed by atoms with E-state index in [2.05, 4.69) is 62.4 Å². The van der Waals surface area contributed by atoms with E-state index in [1.54, 1.807) is 0 Å². The summed E-state index contributed by atoms with van der Waals surface area (Å²) in [6.45, 7) is 4.30. The molecule has 0 aromatic heterocycles. The third-order valence-corrected chi connectivity index (χ3v) is 3.45. The molecule has 0 amide bonds. The lowest BCUT2D eigenvalue weighted by atomic mass is 9.99. The van der Waals surface area contributed by atoms with Gasteiger partial charge in [-0.05, 0) is 51.0 Å². The van der Waals surface area contributed by atoms with Crippen LogP contribution in [0.1, 0.15) is 26.7 Å². The van der Waals surface area contributed by atoms with Gasteiger partial charge in [0.2, 0.25) is 0 Å². The fraction of sp³-hybridized carbons (Fsp3) is 0.600. The van der Waals surface area contributed by atoms with Gasteiger partial charge >= 0.3 is 0 Å². The van der Waals surface area contributed by atoms with Crippen LogP contribution in [0.5, 0.6) is 0 Å². The molecule has 1 aliphatic heterocycles. The van der Waals surface area contributed by atoms with Gasteiger partial charge in [0.15, 0.2) is 0 Å². The fourth-order valence-electron chi connectivity index (χ4n) is 2.61. The van der Waals surface area contributed by atoms with E-state index in [4.69, 9.17) is 4.74 Å². The number of hydrogen-bond acceptors (Lipinski definition) is 3. The standard InChI is InChI=1S/C15H24N2O/c1-11-9-14(10-12(2)18-11)16-13-5-7-15(8-6-13)17(3)4/h5-8,11-12,14,16H,9-10H2,1-4H3. The average Bonchev–Trinajstić information content (AvgIpc) is 2.28. The molecule has 0 bridgehead atoms. The molecule has 1 saturated heterocycles. The molecule has 0 radical (unpaired) electrons. The normalized spacial score (nSPS) is 27.9. The zero-order valence-electron chi connectivity index (χ0n) is 11.8. The minimum Gasteiger partial charge on any atom is -0.382 e. The van der Waals surface area contributed by atoms with Crippen LogP contribution in [0.25, 0.3) is 0 Å². The Kier molecular flexibility index (Phi) is 4.12. The molecule has 100 valence electrons. The summed E-state index contributed by atoms with van der Waals surface area (Å²) in [6.07, 6.45) is 2.87. The zero-order chi connectivity index (χ0) is 13.1. The molecule has 1 fully saturated rings. The van der Waals surface area contributed by atoms with Crippen molar-refractivity contribution in [2.75, 3.05) is 24.3 Å². The first-order chi connectivity index (χ1) is 8.54. The van der Waals surface area contributed by atoms with Crippen LogP contribution in [0.4, 0.5) is 11.4 Å². The Morgan fingerprint density at radius 3 is 2.11 bits per heavy atom. The Morgan fingerprint density at radius 1 is 1.06 bits per heavy atom. The third-order valence-electron chi connectivity index (χ3n) is 3.45. The zero-order valence-corrected chi connectivity index (χ0v) is 11.8. The highest BCUT2D eigenvalue weighted by molar-refractivity contribution is 5.54. The summed E-state index contributed by atoms with van der Waals surface area (Å²) in [4.78, 5) is 2.11. The van der Waals surface area contributed by atoms with Gasteiger partial charge in [0, 0.05) is 31.5 Å². The second-order valence-corrected chi connectivity index (χ2v) is 5.51. The number of hydrogen-bond donors (Lipinski definition) is 1. The van der Waals surface area contributed by atoms with E-state index in [0.29, 0.717) is 18.2 Å². The summed E-state index contributed by atoms with van der Waals surface area (Å²) in [5, 5.41) is 3.61. The Bertz CT molecular complexity index is 365. The number of nitrogens with one attached hydrogen (secondary N) is 1. The molecule has 1 aromatic rings. The van der Waals surface area contributed by atoms with Crippen LogP contribution >= 0.6 is 0 Å². The van der Waals surface area contributed by atoms with Gasteiger partial charge in [-0.3, -0.25) is 0 Å². The third kappa shape index (κ3) is 3.39. The highest BCUT2D eigenvalue weighted by Crippen LogP contribution is 2.23. The molecule has 0 spiro atoms. The molecule has 2 unspecified atom stereocenters. The Labute approximate surface area is 110 Å². The van der Waals surface area contributed by atoms with Crippen LogP contribution in [-0.4, -0.2) is 32.3 Å². The second-order valence-electron chi connectivity index (χ2n) is 5.51. The van der Waals surface area contributed by atoms with Gasteiger partial charge in [-0.2, -0.15) is 0 Å². The maximum Gasteiger partial charge on any atom is 0.0570 e. The molecule has 1 heterocycles. The lowest BCUT2D eigenvalue weighted by Gasteiger charge is -2.33. The van der Waals surface area contributed by atoms with E-state index in [1.807, 2.05) is 0 Å². The topological polar surface area (TPSA) is 24.5 Å². The predicted molar refractivity (Wildman–Crippen MR) is 77.4 cm³/mol. The summed E-state index contributed by atoms with van der Waals surface area (Å²) in [5.74, 6) is 0. The van der Waals surface area contributed by atoms with Gasteiger partial charge in [0.25, 0.3) is 0 Å². The number of anilines is 2. The van der Waals surface area contributed by atoms with Crippen molar-refractivity contribution in [3.05, 3.63) is 24.3 Å². The maximum absolute atomic E-state index is 5.76. The predicted octanol–water partition coefficient (Wildman–Crippen LogP) is 3.12. The molecule has 2 atom stereocenters. The molecule has 0 saturated carbocycles. The van der Waals surface area contributed by atoms with Crippen LogP contribution in [-0.2, 0) is 4.74 Å². The van der Waals surface area contributed by atoms with Gasteiger partial charge < -0.3 is 15.0 Å². The van der Waals surface area contributed by atoms with Crippen LogP contribution < -0.4 is 10.2 Å². The number of nitrogens with zero attached hydrogens (tertiary/aromatic N) is 1. The molecule has 18 heavy (non-hydrogen) atoms. The molecule has 1 aliphatic rings. The quantitative estimate of drug-likeness (QED) is 0.889. The second kappa shape index (κ2) is 5.61. The Balaban J connectivity index is 1.96. The number of rotatable bonds is 3. The first kappa shape index (κ1) is 13.2. The van der Waals surface area contributed by atoms with Crippen molar-refractivity contribution in [1.29, 1.82) is 0 Å². The van der Waals surface area contributed by atoms with Gasteiger partial charge in [-0.25, -0.2) is 0 Å². The highest BCUT2D eigenvalue weighted by atomic mass is 16.5. The van der Waals surface area contributed by atoms with Gasteiger partial charge in [0.1, 0.15) is 0 Å². The van der Waals surface area contributed by atoms with Crippen molar-refractivity contribution in [3.8, 4) is 0 Å². The van der Waals surface area contributed by atoms with Crippen molar-refractivity contribution in [3.63, 3.8) is 0 Å². The fourth-order valence-corrected chi connectivity index (χ4v) is 2.61. The Hall–Kier alpha value is -1.22. The van der Waals surface area contributed by atoms with E-state index in [-0.39, 0.29) is 0 Å². The summed E-state index contributed by atoms with van der Waals surface area (Å²) >= 11 is 0. The van der Waals surface area contributed by atoms with Crippen molar-refractivity contribution in [1.82, 2.24) is 0 Å². The molecule has 1 N–H and O–H groups in total. The largest absolute Gasteiger partial charge is 0.382 e. The van der Waals surface area contributed by atoms with E-state index >= 15 is 0 Å². The van der Waals surface area contributed by atoms with Gasteiger partial charge in [-0.15, -0.1) is 0 Å². The van der Waals surface area contributed by atoms with E-state index in [9.17, 15) is 0 Å². The van der Waals surface area contributed by atoms with Gasteiger partial charge in [0.05, 0.1) is 12.2 Å². The molecule has 3 heteroatoms. The molecule has 0 aliphatic carbocycles. The smallest absolute Gasteiger partial charge is 0.0570 e. The minimum atomic E-state index is 0.354. The molecule has 1 aromatic carbocycles. The summed E-state index contributed by atoms with van der Waals surface area (Å²) in [7, 11) is 4.12. The summed E-state index contributed by atoms with van der Waals surface area (Å²) in [6, 6.07) is 9.12. The first-order valence-corrected chi connectivity index (χ1v) is 6.74.